The van der Waals surface area contributed by atoms with Crippen molar-refractivity contribution in [1.82, 2.24) is 19.3 Å². The van der Waals surface area contributed by atoms with Crippen molar-refractivity contribution < 1.29 is 9.47 Å². The third kappa shape index (κ3) is 3.78. The van der Waals surface area contributed by atoms with Crippen LogP contribution < -0.4 is 20.3 Å². The zero-order valence-electron chi connectivity index (χ0n) is 18.1. The first kappa shape index (κ1) is 20.3. The van der Waals surface area contributed by atoms with Gasteiger partial charge in [0.15, 0.2) is 5.65 Å². The first-order valence-corrected chi connectivity index (χ1v) is 10.3. The standard InChI is InChI=1S/C25H21N5O3/c1-32-20-12-8-17(9-13-20)27-25-28-23-22(16-26-30(23)19-6-4-3-5-7-19)24(31)29(25)18-10-14-21(33-2)15-11-18/h3-16H,1-2H3,(H,27,28). The summed E-state index contributed by atoms with van der Waals surface area (Å²) in [5.41, 5.74) is 2.46. The number of aromatic nitrogens is 4. The molecule has 0 bridgehead atoms. The summed E-state index contributed by atoms with van der Waals surface area (Å²) in [6.45, 7) is 0. The zero-order chi connectivity index (χ0) is 22.8. The van der Waals surface area contributed by atoms with Crippen LogP contribution in [-0.4, -0.2) is 33.6 Å². The van der Waals surface area contributed by atoms with Crippen molar-refractivity contribution in [2.45, 2.75) is 0 Å². The van der Waals surface area contributed by atoms with Gasteiger partial charge < -0.3 is 14.8 Å². The molecule has 0 aliphatic rings. The normalized spacial score (nSPS) is 10.8. The van der Waals surface area contributed by atoms with E-state index in [0.717, 1.165) is 17.1 Å². The Morgan fingerprint density at radius 1 is 0.788 bits per heavy atom. The van der Waals surface area contributed by atoms with Crippen molar-refractivity contribution in [2.75, 3.05) is 19.5 Å². The van der Waals surface area contributed by atoms with E-state index in [1.165, 1.54) is 4.57 Å². The molecule has 5 rings (SSSR count). The predicted octanol–water partition coefficient (Wildman–Crippen LogP) is 4.33. The summed E-state index contributed by atoms with van der Waals surface area (Å²) in [6, 6.07) is 24.2. The topological polar surface area (TPSA) is 83.2 Å². The summed E-state index contributed by atoms with van der Waals surface area (Å²) in [5.74, 6) is 1.79. The molecule has 3 aromatic carbocycles. The maximum Gasteiger partial charge on any atom is 0.270 e. The second-order valence-corrected chi connectivity index (χ2v) is 7.26. The number of benzene rings is 3. The monoisotopic (exact) mass is 439 g/mol. The van der Waals surface area contributed by atoms with Crippen LogP contribution in [0.5, 0.6) is 11.5 Å². The van der Waals surface area contributed by atoms with Gasteiger partial charge in [0.05, 0.1) is 31.8 Å². The van der Waals surface area contributed by atoms with Gasteiger partial charge in [-0.2, -0.15) is 10.1 Å². The van der Waals surface area contributed by atoms with E-state index in [1.54, 1.807) is 37.2 Å². The second-order valence-electron chi connectivity index (χ2n) is 7.26. The molecule has 8 nitrogen and oxygen atoms in total. The van der Waals surface area contributed by atoms with Crippen molar-refractivity contribution in [3.63, 3.8) is 0 Å². The first-order valence-electron chi connectivity index (χ1n) is 10.3. The lowest BCUT2D eigenvalue weighted by atomic mass is 10.2. The van der Waals surface area contributed by atoms with E-state index in [9.17, 15) is 4.79 Å². The Bertz CT molecular complexity index is 1460. The van der Waals surface area contributed by atoms with Gasteiger partial charge in [-0.05, 0) is 60.7 Å². The van der Waals surface area contributed by atoms with Crippen LogP contribution in [-0.2, 0) is 0 Å². The fourth-order valence-corrected chi connectivity index (χ4v) is 3.58. The molecule has 0 radical (unpaired) electrons. The van der Waals surface area contributed by atoms with Crippen LogP contribution in [0.2, 0.25) is 0 Å². The number of para-hydroxylation sites is 1. The molecule has 1 N–H and O–H groups in total. The quantitative estimate of drug-likeness (QED) is 0.424. The van der Waals surface area contributed by atoms with Crippen molar-refractivity contribution in [1.29, 1.82) is 0 Å². The molecule has 33 heavy (non-hydrogen) atoms. The molecule has 2 heterocycles. The van der Waals surface area contributed by atoms with Crippen molar-refractivity contribution >= 4 is 22.7 Å². The van der Waals surface area contributed by atoms with Crippen LogP contribution in [0.15, 0.2) is 89.9 Å². The number of anilines is 2. The number of nitrogens with one attached hydrogen (secondary N) is 1. The molecule has 0 saturated carbocycles. The average molecular weight is 439 g/mol. The van der Waals surface area contributed by atoms with E-state index in [1.807, 2.05) is 66.7 Å². The van der Waals surface area contributed by atoms with Crippen molar-refractivity contribution in [3.05, 3.63) is 95.4 Å². The van der Waals surface area contributed by atoms with Gasteiger partial charge >= 0.3 is 0 Å². The predicted molar refractivity (Wildman–Crippen MR) is 127 cm³/mol. The number of nitrogens with zero attached hydrogens (tertiary/aromatic N) is 4. The van der Waals surface area contributed by atoms with Gasteiger partial charge in [0.2, 0.25) is 5.95 Å². The fraction of sp³-hybridized carbons (Fsp3) is 0.0800. The summed E-state index contributed by atoms with van der Waals surface area (Å²) < 4.78 is 13.7. The molecular weight excluding hydrogens is 418 g/mol. The number of rotatable bonds is 6. The lowest BCUT2D eigenvalue weighted by Crippen LogP contribution is -2.22. The summed E-state index contributed by atoms with van der Waals surface area (Å²) in [7, 11) is 3.22. The maximum absolute atomic E-state index is 13.6. The molecule has 2 aromatic heterocycles. The van der Waals surface area contributed by atoms with Crippen LogP contribution >= 0.6 is 0 Å². The molecule has 0 atom stereocenters. The Hall–Kier alpha value is -4.59. The minimum atomic E-state index is -0.233. The van der Waals surface area contributed by atoms with Crippen LogP contribution in [0, 0.1) is 0 Å². The Balaban J connectivity index is 1.71. The minimum absolute atomic E-state index is 0.233. The highest BCUT2D eigenvalue weighted by molar-refractivity contribution is 5.78. The molecule has 0 amide bonds. The first-order chi connectivity index (χ1) is 16.2. The van der Waals surface area contributed by atoms with Crippen molar-refractivity contribution in [3.8, 4) is 22.9 Å². The maximum atomic E-state index is 13.6. The molecule has 0 aliphatic heterocycles. The highest BCUT2D eigenvalue weighted by atomic mass is 16.5. The van der Waals surface area contributed by atoms with E-state index >= 15 is 0 Å². The van der Waals surface area contributed by atoms with E-state index in [4.69, 9.17) is 14.5 Å². The highest BCUT2D eigenvalue weighted by Crippen LogP contribution is 2.24. The van der Waals surface area contributed by atoms with Gasteiger partial charge in [0.1, 0.15) is 16.9 Å². The fourth-order valence-electron chi connectivity index (χ4n) is 3.58. The van der Waals surface area contributed by atoms with E-state index in [2.05, 4.69) is 10.4 Å². The minimum Gasteiger partial charge on any atom is -0.497 e. The lowest BCUT2D eigenvalue weighted by Gasteiger charge is -2.15. The van der Waals surface area contributed by atoms with E-state index in [-0.39, 0.29) is 5.56 Å². The summed E-state index contributed by atoms with van der Waals surface area (Å²) in [5, 5.41) is 8.12. The number of ether oxygens (including phenoxy) is 2. The van der Waals surface area contributed by atoms with E-state index < -0.39 is 0 Å². The SMILES string of the molecule is COc1ccc(Nc2nc3c(cnn3-c3ccccc3)c(=O)n2-c2ccc(OC)cc2)cc1. The Kier molecular flexibility index (Phi) is 5.24. The molecule has 5 aromatic rings. The second kappa shape index (κ2) is 8.51. The summed E-state index contributed by atoms with van der Waals surface area (Å²) >= 11 is 0. The van der Waals surface area contributed by atoms with Gasteiger partial charge in [-0.25, -0.2) is 9.25 Å². The van der Waals surface area contributed by atoms with Crippen LogP contribution in [0.25, 0.3) is 22.4 Å². The van der Waals surface area contributed by atoms with Crippen molar-refractivity contribution in [2.24, 2.45) is 0 Å². The van der Waals surface area contributed by atoms with Gasteiger partial charge in [-0.1, -0.05) is 18.2 Å². The number of methoxy groups -OCH3 is 2. The smallest absolute Gasteiger partial charge is 0.270 e. The Morgan fingerprint density at radius 3 is 2.06 bits per heavy atom. The van der Waals surface area contributed by atoms with Gasteiger partial charge in [0, 0.05) is 5.69 Å². The molecule has 0 unspecified atom stereocenters. The molecule has 0 saturated heterocycles. The molecular formula is C25H21N5O3. The average Bonchev–Trinajstić information content (AvgIpc) is 3.30. The molecule has 164 valence electrons. The van der Waals surface area contributed by atoms with Gasteiger partial charge in [-0.3, -0.25) is 4.79 Å². The number of hydrogen-bond donors (Lipinski definition) is 1. The molecule has 0 fully saturated rings. The van der Waals surface area contributed by atoms with Crippen LogP contribution in [0.1, 0.15) is 0 Å². The Labute approximate surface area is 189 Å². The number of fused-ring (bicyclic) bond motifs is 1. The third-order valence-electron chi connectivity index (χ3n) is 5.28. The van der Waals surface area contributed by atoms with Crippen LogP contribution in [0.3, 0.4) is 0 Å². The number of hydrogen-bond acceptors (Lipinski definition) is 6. The lowest BCUT2D eigenvalue weighted by molar-refractivity contribution is 0.414. The van der Waals surface area contributed by atoms with E-state index in [0.29, 0.717) is 28.4 Å². The third-order valence-corrected chi connectivity index (χ3v) is 5.28. The molecule has 8 heteroatoms. The summed E-state index contributed by atoms with van der Waals surface area (Å²) in [6.07, 6.45) is 1.55. The zero-order valence-corrected chi connectivity index (χ0v) is 18.1. The van der Waals surface area contributed by atoms with Crippen LogP contribution in [0.4, 0.5) is 11.6 Å². The largest absolute Gasteiger partial charge is 0.497 e. The van der Waals surface area contributed by atoms with Gasteiger partial charge in [0.25, 0.3) is 5.56 Å². The summed E-state index contributed by atoms with van der Waals surface area (Å²) in [4.78, 5) is 18.4. The molecule has 0 spiro atoms. The Morgan fingerprint density at radius 2 is 1.42 bits per heavy atom. The van der Waals surface area contributed by atoms with Gasteiger partial charge in [-0.15, -0.1) is 0 Å². The molecule has 0 aliphatic carbocycles. The highest BCUT2D eigenvalue weighted by Gasteiger charge is 2.18.